The van der Waals surface area contributed by atoms with E-state index in [4.69, 9.17) is 6.42 Å². The van der Waals surface area contributed by atoms with Crippen LogP contribution in [0.5, 0.6) is 0 Å². The van der Waals surface area contributed by atoms with Crippen LogP contribution < -0.4 is 4.90 Å². The SMILES string of the molecule is C#C/C=C(\C=C1/CC2(c3ccccc31)c1ccccc1-c1ccc(N(c3cccc(-c4ccccc4)c3)c3ccc4c(c3)C(C)(C)c3ccccc3-4)cc12)C(C)(C)C. The van der Waals surface area contributed by atoms with Crippen LogP contribution >= 0.6 is 0 Å². The molecule has 10 rings (SSSR count). The Bertz CT molecular complexity index is 2890. The number of benzene rings is 7. The van der Waals surface area contributed by atoms with Gasteiger partial charge in [0.15, 0.2) is 0 Å². The van der Waals surface area contributed by atoms with E-state index in [9.17, 15) is 0 Å². The summed E-state index contributed by atoms with van der Waals surface area (Å²) in [5.74, 6) is 2.84. The van der Waals surface area contributed by atoms with E-state index in [1.165, 1.54) is 77.9 Å². The van der Waals surface area contributed by atoms with Crippen molar-refractivity contribution in [2.45, 2.75) is 51.9 Å². The maximum atomic E-state index is 5.93. The fraction of sp³-hybridized carbons (Fsp3) is 0.158. The summed E-state index contributed by atoms with van der Waals surface area (Å²) in [7, 11) is 0. The summed E-state index contributed by atoms with van der Waals surface area (Å²) in [6.45, 7) is 11.5. The third-order valence-corrected chi connectivity index (χ3v) is 13.1. The fourth-order valence-electron chi connectivity index (χ4n) is 10.2. The molecule has 0 radical (unpaired) electrons. The average Bonchev–Trinajstić information content (AvgIpc) is 3.81. The van der Waals surface area contributed by atoms with E-state index >= 15 is 0 Å². The first-order valence-corrected chi connectivity index (χ1v) is 20.5. The van der Waals surface area contributed by atoms with Crippen LogP contribution in [0.4, 0.5) is 17.1 Å². The molecule has 0 bridgehead atoms. The first-order chi connectivity index (χ1) is 28.1. The molecule has 0 heterocycles. The third-order valence-electron chi connectivity index (χ3n) is 13.1. The minimum Gasteiger partial charge on any atom is -0.310 e. The Labute approximate surface area is 344 Å². The molecule has 1 unspecified atom stereocenters. The standard InChI is InChI=1S/C57H47N/c1-7-18-41(55(2,3)4)33-40-37-57(51-27-15-11-23-45(40)51)52-28-16-13-25-47(52)49-32-30-44(36-54(49)57)58(42-22-17-21-39(34-42)38-19-9-8-10-20-38)43-29-31-48-46-24-12-14-26-50(46)56(5,6)53(48)35-43/h1,8-36H,37H2,2-6H3/b40-33+,41-18+. The molecule has 0 saturated carbocycles. The van der Waals surface area contributed by atoms with E-state index in [1.807, 2.05) is 6.08 Å². The summed E-state index contributed by atoms with van der Waals surface area (Å²) in [6, 6.07) is 61.1. The lowest BCUT2D eigenvalue weighted by molar-refractivity contribution is 0.517. The Morgan fingerprint density at radius 2 is 1.05 bits per heavy atom. The van der Waals surface area contributed by atoms with Crippen molar-refractivity contribution in [1.29, 1.82) is 0 Å². The van der Waals surface area contributed by atoms with Crippen LogP contribution in [0.15, 0.2) is 182 Å². The maximum absolute atomic E-state index is 5.93. The minimum absolute atomic E-state index is 0.0939. The summed E-state index contributed by atoms with van der Waals surface area (Å²) < 4.78 is 0. The number of hydrogen-bond acceptors (Lipinski definition) is 1. The van der Waals surface area contributed by atoms with Crippen molar-refractivity contribution >= 4 is 22.6 Å². The van der Waals surface area contributed by atoms with Crippen LogP contribution in [0.25, 0.3) is 39.0 Å². The van der Waals surface area contributed by atoms with Gasteiger partial charge in [-0.25, -0.2) is 0 Å². The molecule has 58 heavy (non-hydrogen) atoms. The number of fused-ring (bicyclic) bond motifs is 10. The summed E-state index contributed by atoms with van der Waals surface area (Å²) in [6.07, 6.45) is 11.1. The van der Waals surface area contributed by atoms with Gasteiger partial charge in [-0.15, -0.1) is 6.42 Å². The minimum atomic E-state index is -0.359. The van der Waals surface area contributed by atoms with Gasteiger partial charge in [0.2, 0.25) is 0 Å². The molecule has 1 nitrogen and oxygen atoms in total. The molecule has 0 saturated heterocycles. The summed E-state index contributed by atoms with van der Waals surface area (Å²) in [4.78, 5) is 2.48. The van der Waals surface area contributed by atoms with Gasteiger partial charge in [0.05, 0.1) is 5.41 Å². The lowest BCUT2D eigenvalue weighted by Gasteiger charge is -2.31. The van der Waals surface area contributed by atoms with Gasteiger partial charge in [-0.2, -0.15) is 0 Å². The second-order valence-electron chi connectivity index (χ2n) is 17.7. The van der Waals surface area contributed by atoms with E-state index in [-0.39, 0.29) is 16.2 Å². The Kier molecular flexibility index (Phi) is 8.16. The van der Waals surface area contributed by atoms with Crippen molar-refractivity contribution in [2.24, 2.45) is 5.41 Å². The van der Waals surface area contributed by atoms with E-state index in [0.717, 1.165) is 23.5 Å². The van der Waals surface area contributed by atoms with Crippen LogP contribution in [0, 0.1) is 17.8 Å². The Balaban J connectivity index is 1.20. The highest BCUT2D eigenvalue weighted by atomic mass is 15.1. The molecule has 7 aromatic rings. The van der Waals surface area contributed by atoms with E-state index < -0.39 is 0 Å². The molecule has 280 valence electrons. The molecule has 0 N–H and O–H groups in total. The second-order valence-corrected chi connectivity index (χ2v) is 17.7. The number of nitrogens with zero attached hydrogens (tertiary/aromatic N) is 1. The average molecular weight is 746 g/mol. The van der Waals surface area contributed by atoms with Crippen molar-refractivity contribution < 1.29 is 0 Å². The first kappa shape index (κ1) is 35.8. The first-order valence-electron chi connectivity index (χ1n) is 20.5. The number of anilines is 3. The molecule has 1 heteroatoms. The van der Waals surface area contributed by atoms with Gasteiger partial charge in [0.25, 0.3) is 0 Å². The second kappa shape index (κ2) is 13.2. The van der Waals surface area contributed by atoms with E-state index in [0.29, 0.717) is 0 Å². The Morgan fingerprint density at radius 3 is 1.72 bits per heavy atom. The Hall–Kier alpha value is -6.62. The maximum Gasteiger partial charge on any atom is 0.0510 e. The van der Waals surface area contributed by atoms with Crippen LogP contribution in [0.2, 0.25) is 0 Å². The monoisotopic (exact) mass is 745 g/mol. The molecule has 7 aromatic carbocycles. The zero-order valence-electron chi connectivity index (χ0n) is 34.0. The lowest BCUT2D eigenvalue weighted by Crippen LogP contribution is -2.24. The Morgan fingerprint density at radius 1 is 0.534 bits per heavy atom. The number of terminal acetylenes is 1. The molecule has 3 aliphatic carbocycles. The largest absolute Gasteiger partial charge is 0.310 e. The normalized spacial score (nSPS) is 17.7. The molecular weight excluding hydrogens is 699 g/mol. The van der Waals surface area contributed by atoms with Gasteiger partial charge in [0, 0.05) is 22.5 Å². The predicted molar refractivity (Wildman–Crippen MR) is 245 cm³/mol. The molecule has 0 aromatic heterocycles. The molecular formula is C57H47N. The highest BCUT2D eigenvalue weighted by molar-refractivity contribution is 5.94. The smallest absolute Gasteiger partial charge is 0.0510 e. The molecule has 0 amide bonds. The van der Waals surface area contributed by atoms with Crippen LogP contribution in [0.1, 0.15) is 74.4 Å². The highest BCUT2D eigenvalue weighted by Gasteiger charge is 2.50. The zero-order chi connectivity index (χ0) is 39.8. The predicted octanol–water partition coefficient (Wildman–Crippen LogP) is 14.8. The van der Waals surface area contributed by atoms with Crippen molar-refractivity contribution in [3.63, 3.8) is 0 Å². The zero-order valence-corrected chi connectivity index (χ0v) is 34.0. The van der Waals surface area contributed by atoms with Crippen molar-refractivity contribution in [3.05, 3.63) is 215 Å². The van der Waals surface area contributed by atoms with Gasteiger partial charge in [-0.05, 0) is 132 Å². The molecule has 0 fully saturated rings. The summed E-state index contributed by atoms with van der Waals surface area (Å²) in [5, 5.41) is 0. The van der Waals surface area contributed by atoms with E-state index in [1.54, 1.807) is 0 Å². The van der Waals surface area contributed by atoms with Crippen molar-refractivity contribution in [3.8, 4) is 45.7 Å². The highest BCUT2D eigenvalue weighted by Crippen LogP contribution is 2.62. The van der Waals surface area contributed by atoms with Gasteiger partial charge in [-0.1, -0.05) is 174 Å². The van der Waals surface area contributed by atoms with Crippen molar-refractivity contribution in [1.82, 2.24) is 0 Å². The van der Waals surface area contributed by atoms with Crippen LogP contribution in [-0.2, 0) is 10.8 Å². The molecule has 1 atom stereocenters. The van der Waals surface area contributed by atoms with Crippen LogP contribution in [0.3, 0.4) is 0 Å². The topological polar surface area (TPSA) is 3.24 Å². The van der Waals surface area contributed by atoms with Gasteiger partial charge in [0.1, 0.15) is 0 Å². The summed E-state index contributed by atoms with van der Waals surface area (Å²) >= 11 is 0. The van der Waals surface area contributed by atoms with Gasteiger partial charge in [-0.3, -0.25) is 0 Å². The lowest BCUT2D eigenvalue weighted by atomic mass is 9.73. The van der Waals surface area contributed by atoms with E-state index in [2.05, 4.69) is 215 Å². The van der Waals surface area contributed by atoms with Gasteiger partial charge >= 0.3 is 0 Å². The third kappa shape index (κ3) is 5.39. The number of hydrogen-bond donors (Lipinski definition) is 0. The quantitative estimate of drug-likeness (QED) is 0.159. The fourth-order valence-corrected chi connectivity index (χ4v) is 10.2. The molecule has 1 spiro atoms. The molecule has 3 aliphatic rings. The summed E-state index contributed by atoms with van der Waals surface area (Å²) in [5.41, 5.74) is 21.1. The van der Waals surface area contributed by atoms with Gasteiger partial charge < -0.3 is 4.90 Å². The van der Waals surface area contributed by atoms with Crippen molar-refractivity contribution in [2.75, 3.05) is 4.90 Å². The molecule has 0 aliphatic heterocycles. The van der Waals surface area contributed by atoms with Crippen LogP contribution in [-0.4, -0.2) is 0 Å². The number of allylic oxidation sites excluding steroid dienone is 4. The number of rotatable bonds is 5.